The quantitative estimate of drug-likeness (QED) is 0.767. The van der Waals surface area contributed by atoms with Crippen molar-refractivity contribution in [3.05, 3.63) is 24.0 Å². The van der Waals surface area contributed by atoms with Crippen LogP contribution in [-0.2, 0) is 4.65 Å². The van der Waals surface area contributed by atoms with Crippen LogP contribution in [0.2, 0.25) is 0 Å². The highest BCUT2D eigenvalue weighted by Crippen LogP contribution is 2.24. The van der Waals surface area contributed by atoms with Gasteiger partial charge in [0, 0.05) is 19.3 Å². The van der Waals surface area contributed by atoms with Crippen LogP contribution in [0.15, 0.2) is 18.3 Å². The van der Waals surface area contributed by atoms with E-state index >= 15 is 0 Å². The Kier molecular flexibility index (Phi) is 6.14. The van der Waals surface area contributed by atoms with Crippen molar-refractivity contribution in [2.24, 2.45) is 0 Å². The average molecular weight is 306 g/mol. The molecule has 1 heterocycles. The van der Waals surface area contributed by atoms with Crippen molar-refractivity contribution >= 4 is 18.9 Å². The molecule has 1 aromatic heterocycles. The molecule has 0 saturated heterocycles. The molecule has 0 aliphatic heterocycles. The van der Waals surface area contributed by atoms with Crippen molar-refractivity contribution in [1.29, 1.82) is 0 Å². The van der Waals surface area contributed by atoms with Crippen molar-refractivity contribution in [2.45, 2.75) is 52.7 Å². The first kappa shape index (κ1) is 18.7. The Morgan fingerprint density at radius 1 is 1.27 bits per heavy atom. The molecule has 22 heavy (non-hydrogen) atoms. The molecule has 1 rings (SSSR count). The number of nitrogens with zero attached hydrogens (tertiary/aromatic N) is 2. The predicted molar refractivity (Wildman–Crippen MR) is 89.7 cm³/mol. The van der Waals surface area contributed by atoms with E-state index in [4.69, 9.17) is 4.65 Å². The molecule has 0 fully saturated rings. The van der Waals surface area contributed by atoms with Gasteiger partial charge in [0.2, 0.25) is 0 Å². The molecular formula is C16H27BN2O3. The fraction of sp³-hybridized carbons (Fsp3) is 0.625. The summed E-state index contributed by atoms with van der Waals surface area (Å²) in [6.45, 7) is 12.4. The van der Waals surface area contributed by atoms with Gasteiger partial charge in [-0.2, -0.15) is 0 Å². The molecule has 1 aromatic rings. The zero-order valence-corrected chi connectivity index (χ0v) is 14.5. The average Bonchev–Trinajstić information content (AvgIpc) is 2.45. The summed E-state index contributed by atoms with van der Waals surface area (Å²) >= 11 is 0. The van der Waals surface area contributed by atoms with Gasteiger partial charge in [-0.3, -0.25) is 9.78 Å². The summed E-state index contributed by atoms with van der Waals surface area (Å²) in [5, 5.41) is 10.1. The Morgan fingerprint density at radius 2 is 1.86 bits per heavy atom. The number of rotatable bonds is 7. The second-order valence-corrected chi connectivity index (χ2v) is 6.39. The minimum atomic E-state index is -0.945. The van der Waals surface area contributed by atoms with Gasteiger partial charge in [-0.05, 0) is 53.1 Å². The fourth-order valence-corrected chi connectivity index (χ4v) is 1.75. The van der Waals surface area contributed by atoms with E-state index in [0.29, 0.717) is 26.3 Å². The minimum Gasteiger partial charge on any atom is -0.427 e. The molecule has 0 aromatic carbocycles. The van der Waals surface area contributed by atoms with Crippen LogP contribution in [0.25, 0.3) is 0 Å². The highest BCUT2D eigenvalue weighted by atomic mass is 16.5. The monoisotopic (exact) mass is 306 g/mol. The summed E-state index contributed by atoms with van der Waals surface area (Å²) in [4.78, 5) is 18.1. The summed E-state index contributed by atoms with van der Waals surface area (Å²) < 4.78 is 5.78. The molecule has 1 N–H and O–H groups in total. The van der Waals surface area contributed by atoms with E-state index in [1.54, 1.807) is 31.0 Å². The summed E-state index contributed by atoms with van der Waals surface area (Å²) in [5.41, 5.74) is -0.315. The maximum Gasteiger partial charge on any atom is 0.311 e. The van der Waals surface area contributed by atoms with Crippen LogP contribution in [0.1, 0.15) is 52.0 Å². The summed E-state index contributed by atoms with van der Waals surface area (Å²) in [5.74, 6) is -0.0608. The molecule has 0 saturated carbocycles. The molecule has 0 aliphatic carbocycles. The van der Waals surface area contributed by atoms with E-state index in [-0.39, 0.29) is 5.91 Å². The van der Waals surface area contributed by atoms with Gasteiger partial charge in [0.15, 0.2) is 0 Å². The Morgan fingerprint density at radius 3 is 2.27 bits per heavy atom. The van der Waals surface area contributed by atoms with Crippen LogP contribution in [0, 0.1) is 0 Å². The van der Waals surface area contributed by atoms with Gasteiger partial charge in [-0.25, -0.2) is 0 Å². The van der Waals surface area contributed by atoms with Crippen molar-refractivity contribution < 1.29 is 14.6 Å². The third kappa shape index (κ3) is 4.55. The van der Waals surface area contributed by atoms with E-state index in [0.717, 1.165) is 5.46 Å². The molecule has 0 unspecified atom stereocenters. The van der Waals surface area contributed by atoms with Gasteiger partial charge in [-0.1, -0.05) is 6.07 Å². The topological polar surface area (TPSA) is 62.7 Å². The molecule has 5 nitrogen and oxygen atoms in total. The number of pyridine rings is 1. The Bertz CT molecular complexity index is 491. The highest BCUT2D eigenvalue weighted by molar-refractivity contribution is 6.46. The third-order valence-electron chi connectivity index (χ3n) is 4.17. The van der Waals surface area contributed by atoms with Gasteiger partial charge >= 0.3 is 7.48 Å². The molecule has 1 amide bonds. The number of aromatic nitrogens is 1. The molecule has 0 spiro atoms. The van der Waals surface area contributed by atoms with Crippen molar-refractivity contribution in [1.82, 2.24) is 9.88 Å². The van der Waals surface area contributed by atoms with Crippen molar-refractivity contribution in [2.75, 3.05) is 13.1 Å². The van der Waals surface area contributed by atoms with Gasteiger partial charge in [0.25, 0.3) is 5.91 Å². The number of aliphatic hydroxyl groups is 1. The van der Waals surface area contributed by atoms with Crippen LogP contribution in [-0.4, -0.2) is 52.7 Å². The molecule has 0 bridgehead atoms. The van der Waals surface area contributed by atoms with Gasteiger partial charge in [0.05, 0.1) is 11.2 Å². The molecule has 122 valence electrons. The standard InChI is InChI=1S/C16H27BN2O3/c1-7-19(8-2)14(20)13-10-9-12(11-18-13)17-22-16(5,6)15(3,4)21/h9-11,17,21H,7-8H2,1-6H3. The lowest BCUT2D eigenvalue weighted by molar-refractivity contribution is -0.0893. The lowest BCUT2D eigenvalue weighted by Crippen LogP contribution is -2.49. The first-order valence-corrected chi connectivity index (χ1v) is 7.73. The maximum atomic E-state index is 12.2. The van der Waals surface area contributed by atoms with Crippen LogP contribution in [0.3, 0.4) is 0 Å². The molecular weight excluding hydrogens is 279 g/mol. The fourth-order valence-electron chi connectivity index (χ4n) is 1.75. The third-order valence-corrected chi connectivity index (χ3v) is 4.17. The van der Waals surface area contributed by atoms with Gasteiger partial charge in [0.1, 0.15) is 5.69 Å². The number of carbonyl (C=O) groups is 1. The molecule has 0 aliphatic rings. The normalized spacial score (nSPS) is 12.1. The molecule has 0 atom stereocenters. The summed E-state index contributed by atoms with van der Waals surface area (Å²) in [6.07, 6.45) is 1.65. The van der Waals surface area contributed by atoms with Crippen LogP contribution in [0.5, 0.6) is 0 Å². The largest absolute Gasteiger partial charge is 0.427 e. The Labute approximate surface area is 134 Å². The van der Waals surface area contributed by atoms with Crippen molar-refractivity contribution in [3.8, 4) is 0 Å². The first-order chi connectivity index (χ1) is 10.1. The zero-order chi connectivity index (χ0) is 17.0. The summed E-state index contributed by atoms with van der Waals surface area (Å²) in [7, 11) is 0.337. The Hall–Kier alpha value is -1.40. The van der Waals surface area contributed by atoms with Crippen LogP contribution in [0.4, 0.5) is 0 Å². The van der Waals surface area contributed by atoms with Crippen LogP contribution < -0.4 is 5.46 Å². The van der Waals surface area contributed by atoms with Gasteiger partial charge in [-0.15, -0.1) is 0 Å². The molecule has 0 radical (unpaired) electrons. The van der Waals surface area contributed by atoms with E-state index in [1.807, 2.05) is 33.8 Å². The van der Waals surface area contributed by atoms with Gasteiger partial charge < -0.3 is 14.7 Å². The van der Waals surface area contributed by atoms with E-state index < -0.39 is 11.2 Å². The lowest BCUT2D eigenvalue weighted by Gasteiger charge is -2.37. The minimum absolute atomic E-state index is 0.0608. The van der Waals surface area contributed by atoms with Crippen LogP contribution >= 0.6 is 0 Å². The SMILES string of the molecule is CCN(CC)C(=O)c1ccc(BOC(C)(C)C(C)(C)O)cn1. The zero-order valence-electron chi connectivity index (χ0n) is 14.5. The number of hydrogen-bond acceptors (Lipinski definition) is 4. The number of hydrogen-bond donors (Lipinski definition) is 1. The second kappa shape index (κ2) is 7.25. The van der Waals surface area contributed by atoms with E-state index in [9.17, 15) is 9.90 Å². The summed E-state index contributed by atoms with van der Waals surface area (Å²) in [6, 6.07) is 3.56. The highest BCUT2D eigenvalue weighted by Gasteiger charge is 2.35. The van der Waals surface area contributed by atoms with E-state index in [1.165, 1.54) is 0 Å². The smallest absolute Gasteiger partial charge is 0.311 e. The number of carbonyl (C=O) groups excluding carboxylic acids is 1. The number of amides is 1. The second-order valence-electron chi connectivity index (χ2n) is 6.39. The van der Waals surface area contributed by atoms with E-state index in [2.05, 4.69) is 4.98 Å². The maximum absolute atomic E-state index is 12.2. The predicted octanol–water partition coefficient (Wildman–Crippen LogP) is 1.11. The molecule has 6 heteroatoms. The Balaban J connectivity index is 2.72. The lowest BCUT2D eigenvalue weighted by atomic mass is 9.83. The first-order valence-electron chi connectivity index (χ1n) is 7.73. The van der Waals surface area contributed by atoms with Crippen molar-refractivity contribution in [3.63, 3.8) is 0 Å².